The van der Waals surface area contributed by atoms with E-state index >= 15 is 0 Å². The molecule has 0 aliphatic carbocycles. The maximum atomic E-state index is 14.3. The second-order valence-electron chi connectivity index (χ2n) is 12.6. The third-order valence-electron chi connectivity index (χ3n) is 8.64. The molecule has 2 atom stereocenters. The van der Waals surface area contributed by atoms with Gasteiger partial charge >= 0.3 is 0 Å². The van der Waals surface area contributed by atoms with E-state index in [4.69, 9.17) is 18.9 Å². The molecule has 5 rings (SSSR count). The van der Waals surface area contributed by atoms with Crippen molar-refractivity contribution >= 4 is 11.8 Å². The van der Waals surface area contributed by atoms with Crippen molar-refractivity contribution in [3.63, 3.8) is 0 Å². The Bertz CT molecular complexity index is 1320. The van der Waals surface area contributed by atoms with Crippen LogP contribution in [0.2, 0.25) is 0 Å². The minimum atomic E-state index is -0.639. The van der Waals surface area contributed by atoms with Crippen molar-refractivity contribution in [2.45, 2.75) is 64.1 Å². The maximum absolute atomic E-state index is 14.3. The van der Waals surface area contributed by atoms with Crippen LogP contribution in [-0.4, -0.2) is 73.5 Å². The van der Waals surface area contributed by atoms with Crippen LogP contribution in [0, 0.1) is 0 Å². The summed E-state index contributed by atoms with van der Waals surface area (Å²) >= 11 is 0. The fourth-order valence-electron chi connectivity index (χ4n) is 5.99. The summed E-state index contributed by atoms with van der Waals surface area (Å²) < 4.78 is 24.4. The highest BCUT2D eigenvalue weighted by atomic mass is 16.5. The molecule has 0 radical (unpaired) electrons. The van der Waals surface area contributed by atoms with Gasteiger partial charge in [-0.25, -0.2) is 0 Å². The van der Waals surface area contributed by atoms with E-state index in [1.54, 1.807) is 0 Å². The Morgan fingerprint density at radius 1 is 0.440 bits per heavy atom. The molecule has 1 aliphatic heterocycles. The van der Waals surface area contributed by atoms with Crippen LogP contribution in [0.5, 0.6) is 0 Å². The summed E-state index contributed by atoms with van der Waals surface area (Å²) in [7, 11) is 0. The summed E-state index contributed by atoms with van der Waals surface area (Å²) in [5.74, 6) is -0.121. The van der Waals surface area contributed by atoms with Gasteiger partial charge in [-0.3, -0.25) is 9.59 Å². The highest BCUT2D eigenvalue weighted by Crippen LogP contribution is 2.21. The second kappa shape index (κ2) is 21.0. The Labute approximate surface area is 296 Å². The number of hydrogen-bond donors (Lipinski definition) is 0. The first kappa shape index (κ1) is 36.9. The summed E-state index contributed by atoms with van der Waals surface area (Å²) in [5.41, 5.74) is 4.17. The largest absolute Gasteiger partial charge is 0.379 e. The summed E-state index contributed by atoms with van der Waals surface area (Å²) in [5, 5.41) is 0. The molecule has 1 unspecified atom stereocenters. The molecule has 0 aromatic heterocycles. The van der Waals surface area contributed by atoms with Gasteiger partial charge in [-0.15, -0.1) is 0 Å². The monoisotopic (exact) mass is 678 g/mol. The molecule has 264 valence electrons. The topological polar surface area (TPSA) is 77.5 Å². The van der Waals surface area contributed by atoms with Gasteiger partial charge in [0.05, 0.1) is 38.3 Å². The third-order valence-corrected chi connectivity index (χ3v) is 8.64. The van der Waals surface area contributed by atoms with E-state index in [2.05, 4.69) is 0 Å². The predicted molar refractivity (Wildman–Crippen MR) is 194 cm³/mol. The third kappa shape index (κ3) is 12.8. The summed E-state index contributed by atoms with van der Waals surface area (Å²) in [6.45, 7) is 4.66. The molecule has 4 aromatic carbocycles. The SMILES string of the molecule is O=C(CC1OCCCOCCOCCCO[C@H]1CC(=O)N(Cc1ccccc1)Cc1ccccc1)N(Cc1ccccc1)Cc1ccccc1. The lowest BCUT2D eigenvalue weighted by molar-refractivity contribution is -0.148. The molecule has 4 aromatic rings. The van der Waals surface area contributed by atoms with Crippen LogP contribution in [0.15, 0.2) is 121 Å². The highest BCUT2D eigenvalue weighted by Gasteiger charge is 2.32. The van der Waals surface area contributed by atoms with Crippen molar-refractivity contribution in [1.29, 1.82) is 0 Å². The van der Waals surface area contributed by atoms with Gasteiger partial charge in [-0.05, 0) is 35.1 Å². The van der Waals surface area contributed by atoms with Gasteiger partial charge in [0.1, 0.15) is 0 Å². The number of carbonyl (C=O) groups is 2. The second-order valence-corrected chi connectivity index (χ2v) is 12.6. The van der Waals surface area contributed by atoms with Crippen LogP contribution in [0.3, 0.4) is 0 Å². The first-order valence-electron chi connectivity index (χ1n) is 17.7. The van der Waals surface area contributed by atoms with Crippen LogP contribution in [0.4, 0.5) is 0 Å². The Balaban J connectivity index is 1.38. The van der Waals surface area contributed by atoms with E-state index in [9.17, 15) is 9.59 Å². The van der Waals surface area contributed by atoms with Crippen molar-refractivity contribution < 1.29 is 28.5 Å². The van der Waals surface area contributed by atoms with E-state index in [1.165, 1.54) is 0 Å². The smallest absolute Gasteiger partial charge is 0.225 e. The van der Waals surface area contributed by atoms with Gasteiger partial charge in [-0.2, -0.15) is 0 Å². The molecule has 1 fully saturated rings. The number of amides is 2. The molecule has 0 saturated carbocycles. The van der Waals surface area contributed by atoms with Crippen molar-refractivity contribution in [1.82, 2.24) is 9.80 Å². The van der Waals surface area contributed by atoms with Gasteiger partial charge in [0.15, 0.2) is 0 Å². The Hall–Kier alpha value is -4.34. The van der Waals surface area contributed by atoms with E-state index in [0.717, 1.165) is 22.3 Å². The number of benzene rings is 4. The molecule has 0 bridgehead atoms. The minimum Gasteiger partial charge on any atom is -0.379 e. The first-order valence-corrected chi connectivity index (χ1v) is 17.7. The highest BCUT2D eigenvalue weighted by molar-refractivity contribution is 5.78. The molecule has 2 amide bonds. The zero-order chi connectivity index (χ0) is 34.6. The molecule has 1 heterocycles. The summed E-state index contributed by atoms with van der Waals surface area (Å²) in [6.07, 6.45) is 0.173. The number of nitrogens with zero attached hydrogens (tertiary/aromatic N) is 2. The van der Waals surface area contributed by atoms with Crippen molar-refractivity contribution in [3.05, 3.63) is 144 Å². The van der Waals surface area contributed by atoms with Crippen LogP contribution >= 0.6 is 0 Å². The Morgan fingerprint density at radius 2 is 0.740 bits per heavy atom. The van der Waals surface area contributed by atoms with Gasteiger partial charge < -0.3 is 28.7 Å². The fraction of sp³-hybridized carbons (Fsp3) is 0.381. The van der Waals surface area contributed by atoms with E-state index in [1.807, 2.05) is 131 Å². The average molecular weight is 679 g/mol. The molecular formula is C42H50N2O6. The summed E-state index contributed by atoms with van der Waals surface area (Å²) in [6, 6.07) is 40.0. The molecule has 8 heteroatoms. The molecule has 8 nitrogen and oxygen atoms in total. The molecular weight excluding hydrogens is 628 g/mol. The van der Waals surface area contributed by atoms with Crippen molar-refractivity contribution in [3.8, 4) is 0 Å². The van der Waals surface area contributed by atoms with E-state index in [-0.39, 0.29) is 24.7 Å². The van der Waals surface area contributed by atoms with Crippen molar-refractivity contribution in [2.75, 3.05) is 39.6 Å². The van der Waals surface area contributed by atoms with E-state index < -0.39 is 12.2 Å². The zero-order valence-corrected chi connectivity index (χ0v) is 28.9. The number of hydrogen-bond acceptors (Lipinski definition) is 6. The predicted octanol–water partition coefficient (Wildman–Crippen LogP) is 6.82. The summed E-state index contributed by atoms with van der Waals surface area (Å²) in [4.78, 5) is 32.3. The molecule has 0 N–H and O–H groups in total. The van der Waals surface area contributed by atoms with E-state index in [0.29, 0.717) is 78.7 Å². The Kier molecular flexibility index (Phi) is 15.5. The molecule has 1 aliphatic rings. The van der Waals surface area contributed by atoms with Crippen LogP contribution in [-0.2, 0) is 54.7 Å². The molecule has 1 saturated heterocycles. The number of rotatable bonds is 12. The van der Waals surface area contributed by atoms with Crippen LogP contribution in [0.1, 0.15) is 47.9 Å². The lowest BCUT2D eigenvalue weighted by Gasteiger charge is -2.32. The Morgan fingerprint density at radius 3 is 1.04 bits per heavy atom. The maximum Gasteiger partial charge on any atom is 0.225 e. The minimum absolute atomic E-state index is 0.0603. The van der Waals surface area contributed by atoms with Crippen LogP contribution < -0.4 is 0 Å². The average Bonchev–Trinajstić information content (AvgIpc) is 3.15. The fourth-order valence-corrected chi connectivity index (χ4v) is 5.99. The van der Waals surface area contributed by atoms with Gasteiger partial charge in [-0.1, -0.05) is 121 Å². The van der Waals surface area contributed by atoms with Crippen molar-refractivity contribution in [2.24, 2.45) is 0 Å². The number of carbonyl (C=O) groups excluding carboxylic acids is 2. The quantitative estimate of drug-likeness (QED) is 0.164. The zero-order valence-electron chi connectivity index (χ0n) is 28.9. The molecule has 0 spiro atoms. The standard InChI is InChI=1S/C42H50N2O6/c45-41(43(31-35-15-5-1-6-16-35)32-36-17-7-2-8-18-36)29-39-40(50-26-14-24-48-28-27-47-23-13-25-49-39)30-42(46)44(33-37-19-9-3-10-20-37)34-38-21-11-4-12-22-38/h1-12,15-22,39-40H,13-14,23-34H2/t39-,40?/m0/s1. The lowest BCUT2D eigenvalue weighted by Crippen LogP contribution is -2.42. The number of ether oxygens (including phenoxy) is 4. The van der Waals surface area contributed by atoms with Crippen LogP contribution in [0.25, 0.3) is 0 Å². The van der Waals surface area contributed by atoms with Gasteiger partial charge in [0.25, 0.3) is 0 Å². The van der Waals surface area contributed by atoms with Gasteiger partial charge in [0.2, 0.25) is 11.8 Å². The van der Waals surface area contributed by atoms with Gasteiger partial charge in [0, 0.05) is 52.6 Å². The first-order chi connectivity index (χ1) is 24.6. The molecule has 50 heavy (non-hydrogen) atoms. The lowest BCUT2D eigenvalue weighted by atomic mass is 10.0. The normalized spacial score (nSPS) is 17.7.